The first-order chi connectivity index (χ1) is 8.09. The Kier molecular flexibility index (Phi) is 3.24. The molecule has 1 unspecified atom stereocenters. The highest BCUT2D eigenvalue weighted by Gasteiger charge is 2.14. The molecule has 0 saturated heterocycles. The molecular formula is C13H12O3S. The number of fused-ring (bicyclic) bond motifs is 1. The van der Waals surface area contributed by atoms with Crippen molar-refractivity contribution in [2.45, 2.75) is 0 Å². The number of carbonyl (C=O) groups excluding carboxylic acids is 1. The summed E-state index contributed by atoms with van der Waals surface area (Å²) in [6.45, 7) is 0. The van der Waals surface area contributed by atoms with Crippen LogP contribution in [0.3, 0.4) is 0 Å². The van der Waals surface area contributed by atoms with Crippen LogP contribution in [0.5, 0.6) is 5.75 Å². The second kappa shape index (κ2) is 4.67. The van der Waals surface area contributed by atoms with Gasteiger partial charge in [0.2, 0.25) is 0 Å². The van der Waals surface area contributed by atoms with Gasteiger partial charge in [0.15, 0.2) is 5.78 Å². The zero-order valence-electron chi connectivity index (χ0n) is 9.34. The maximum atomic E-state index is 11.8. The van der Waals surface area contributed by atoms with Crippen molar-refractivity contribution in [1.29, 1.82) is 0 Å². The molecule has 88 valence electrons. The lowest BCUT2D eigenvalue weighted by Gasteiger charge is -2.06. The van der Waals surface area contributed by atoms with Crippen molar-refractivity contribution in [1.82, 2.24) is 0 Å². The summed E-state index contributed by atoms with van der Waals surface area (Å²) in [5, 5.41) is 11.5. The smallest absolute Gasteiger partial charge is 0.179 e. The van der Waals surface area contributed by atoms with E-state index in [1.54, 1.807) is 24.3 Å². The molecule has 0 bridgehead atoms. The highest BCUT2D eigenvalue weighted by molar-refractivity contribution is 7.85. The SMILES string of the molecule is CS(=O)CC(=O)c1ccc2ccccc2c1O. The van der Waals surface area contributed by atoms with Crippen LogP contribution < -0.4 is 0 Å². The largest absolute Gasteiger partial charge is 0.507 e. The maximum absolute atomic E-state index is 11.8. The highest BCUT2D eigenvalue weighted by atomic mass is 32.2. The Morgan fingerprint density at radius 3 is 2.65 bits per heavy atom. The molecule has 0 aliphatic heterocycles. The summed E-state index contributed by atoms with van der Waals surface area (Å²) < 4.78 is 11.0. The van der Waals surface area contributed by atoms with Crippen LogP contribution in [0.25, 0.3) is 10.8 Å². The second-order valence-corrected chi connectivity index (χ2v) is 5.26. The Morgan fingerprint density at radius 2 is 1.94 bits per heavy atom. The third-order valence-corrected chi connectivity index (χ3v) is 3.20. The molecule has 0 amide bonds. The van der Waals surface area contributed by atoms with Crippen LogP contribution in [0.15, 0.2) is 36.4 Å². The van der Waals surface area contributed by atoms with Crippen molar-refractivity contribution in [3.63, 3.8) is 0 Å². The summed E-state index contributed by atoms with van der Waals surface area (Å²) in [6, 6.07) is 10.6. The van der Waals surface area contributed by atoms with Gasteiger partial charge in [-0.3, -0.25) is 9.00 Å². The molecule has 0 aromatic heterocycles. The number of benzene rings is 2. The number of phenols is 1. The summed E-state index contributed by atoms with van der Waals surface area (Å²) >= 11 is 0. The average Bonchev–Trinajstić information content (AvgIpc) is 2.28. The zero-order valence-corrected chi connectivity index (χ0v) is 10.2. The Bertz CT molecular complexity index is 605. The molecule has 0 heterocycles. The van der Waals surface area contributed by atoms with Gasteiger partial charge in [0.05, 0.1) is 11.3 Å². The topological polar surface area (TPSA) is 54.4 Å². The first-order valence-corrected chi connectivity index (χ1v) is 6.86. The summed E-state index contributed by atoms with van der Waals surface area (Å²) in [5.74, 6) is -0.390. The third kappa shape index (κ3) is 2.36. The van der Waals surface area contributed by atoms with Crippen molar-refractivity contribution in [3.05, 3.63) is 42.0 Å². The number of rotatable bonds is 3. The first kappa shape index (κ1) is 11.8. The summed E-state index contributed by atoms with van der Waals surface area (Å²) in [6.07, 6.45) is 1.47. The predicted octanol–water partition coefficient (Wildman–Crippen LogP) is 2.11. The van der Waals surface area contributed by atoms with Gasteiger partial charge in [0, 0.05) is 22.4 Å². The van der Waals surface area contributed by atoms with Crippen LogP contribution in [0.2, 0.25) is 0 Å². The van der Waals surface area contributed by atoms with E-state index in [-0.39, 0.29) is 22.8 Å². The molecule has 4 heteroatoms. The van der Waals surface area contributed by atoms with Gasteiger partial charge in [0.25, 0.3) is 0 Å². The number of aromatic hydroxyl groups is 1. The molecule has 2 aromatic carbocycles. The number of phenolic OH excluding ortho intramolecular Hbond substituents is 1. The van der Waals surface area contributed by atoms with E-state index < -0.39 is 10.8 Å². The molecule has 17 heavy (non-hydrogen) atoms. The van der Waals surface area contributed by atoms with Gasteiger partial charge in [0.1, 0.15) is 5.75 Å². The third-order valence-electron chi connectivity index (χ3n) is 2.54. The molecule has 1 atom stereocenters. The molecule has 0 aliphatic carbocycles. The van der Waals surface area contributed by atoms with Crippen molar-refractivity contribution >= 4 is 27.4 Å². The summed E-state index contributed by atoms with van der Waals surface area (Å²) in [5.41, 5.74) is 0.235. The fraction of sp³-hybridized carbons (Fsp3) is 0.154. The van der Waals surface area contributed by atoms with Crippen molar-refractivity contribution in [3.8, 4) is 5.75 Å². The molecule has 0 radical (unpaired) electrons. The fourth-order valence-electron chi connectivity index (χ4n) is 1.74. The molecule has 0 spiro atoms. The van der Waals surface area contributed by atoms with Gasteiger partial charge in [-0.2, -0.15) is 0 Å². The van der Waals surface area contributed by atoms with Gasteiger partial charge in [-0.1, -0.05) is 30.3 Å². The van der Waals surface area contributed by atoms with Crippen molar-refractivity contribution in [2.75, 3.05) is 12.0 Å². The number of hydrogen-bond donors (Lipinski definition) is 1. The summed E-state index contributed by atoms with van der Waals surface area (Å²) in [4.78, 5) is 11.8. The minimum absolute atomic E-state index is 0.0291. The van der Waals surface area contributed by atoms with E-state index in [1.807, 2.05) is 12.1 Å². The van der Waals surface area contributed by atoms with Crippen LogP contribution in [0.1, 0.15) is 10.4 Å². The van der Waals surface area contributed by atoms with E-state index in [1.165, 1.54) is 6.26 Å². The van der Waals surface area contributed by atoms with E-state index in [4.69, 9.17) is 0 Å². The standard InChI is InChI=1S/C13H12O3S/c1-17(16)8-12(14)11-7-6-9-4-2-3-5-10(9)13(11)15/h2-7,15H,8H2,1H3. The normalized spacial score (nSPS) is 12.5. The van der Waals surface area contributed by atoms with Crippen LogP contribution in [0.4, 0.5) is 0 Å². The van der Waals surface area contributed by atoms with Crippen molar-refractivity contribution in [2.24, 2.45) is 0 Å². The number of Topliss-reactive ketones (excluding diaryl/α,β-unsaturated/α-hetero) is 1. The van der Waals surface area contributed by atoms with Crippen LogP contribution in [0, 0.1) is 0 Å². The van der Waals surface area contributed by atoms with Crippen molar-refractivity contribution < 1.29 is 14.1 Å². The van der Waals surface area contributed by atoms with Crippen LogP contribution in [-0.2, 0) is 10.8 Å². The number of carbonyl (C=O) groups is 1. The van der Waals surface area contributed by atoms with E-state index in [0.717, 1.165) is 5.39 Å². The monoisotopic (exact) mass is 248 g/mol. The predicted molar refractivity (Wildman–Crippen MR) is 68.9 cm³/mol. The zero-order chi connectivity index (χ0) is 12.4. The van der Waals surface area contributed by atoms with E-state index in [0.29, 0.717) is 5.39 Å². The van der Waals surface area contributed by atoms with Gasteiger partial charge in [-0.15, -0.1) is 0 Å². The first-order valence-electron chi connectivity index (χ1n) is 5.13. The molecule has 0 fully saturated rings. The molecular weight excluding hydrogens is 236 g/mol. The lowest BCUT2D eigenvalue weighted by Crippen LogP contribution is -2.09. The molecule has 3 nitrogen and oxygen atoms in total. The highest BCUT2D eigenvalue weighted by Crippen LogP contribution is 2.28. The molecule has 0 saturated carbocycles. The lowest BCUT2D eigenvalue weighted by molar-refractivity contribution is 0.101. The molecule has 2 aromatic rings. The molecule has 1 N–H and O–H groups in total. The van der Waals surface area contributed by atoms with Gasteiger partial charge in [-0.25, -0.2) is 0 Å². The Morgan fingerprint density at radius 1 is 1.24 bits per heavy atom. The van der Waals surface area contributed by atoms with Gasteiger partial charge in [-0.05, 0) is 11.5 Å². The number of hydrogen-bond acceptors (Lipinski definition) is 3. The maximum Gasteiger partial charge on any atom is 0.179 e. The van der Waals surface area contributed by atoms with E-state index >= 15 is 0 Å². The quantitative estimate of drug-likeness (QED) is 0.846. The van der Waals surface area contributed by atoms with Gasteiger partial charge < -0.3 is 5.11 Å². The Labute approximate surface area is 102 Å². The fourth-order valence-corrected chi connectivity index (χ4v) is 2.27. The molecule has 0 aliphatic rings. The second-order valence-electron chi connectivity index (χ2n) is 3.82. The minimum atomic E-state index is -1.20. The Balaban J connectivity index is 2.52. The van der Waals surface area contributed by atoms with Crippen LogP contribution >= 0.6 is 0 Å². The van der Waals surface area contributed by atoms with Gasteiger partial charge >= 0.3 is 0 Å². The lowest BCUT2D eigenvalue weighted by atomic mass is 10.0. The summed E-state index contributed by atoms with van der Waals surface area (Å²) in [7, 11) is -1.20. The van der Waals surface area contributed by atoms with Crippen LogP contribution in [-0.4, -0.2) is 27.1 Å². The Hall–Kier alpha value is -1.68. The average molecular weight is 248 g/mol. The molecule has 2 rings (SSSR count). The van der Waals surface area contributed by atoms with E-state index in [9.17, 15) is 14.1 Å². The van der Waals surface area contributed by atoms with E-state index in [2.05, 4.69) is 0 Å². The number of ketones is 1. The minimum Gasteiger partial charge on any atom is -0.507 e.